The van der Waals surface area contributed by atoms with E-state index in [2.05, 4.69) is 0 Å². The standard InChI is InChI=1S/C22H23N3O3/c1-2-28-21(27)15-25-19-11-7-6-10-18(19)23-22(25)17-12-20(26)24(14-17)13-16-8-4-3-5-9-16/h3-11,17H,2,12-15H2,1H3/t17-/m1/s1. The van der Waals surface area contributed by atoms with Crippen LogP contribution in [0.1, 0.15) is 30.7 Å². The summed E-state index contributed by atoms with van der Waals surface area (Å²) in [5.74, 6) is 0.553. The quantitative estimate of drug-likeness (QED) is 0.619. The molecular formula is C22H23N3O3. The summed E-state index contributed by atoms with van der Waals surface area (Å²) in [4.78, 5) is 31.4. The Morgan fingerprint density at radius 3 is 2.68 bits per heavy atom. The molecule has 6 nitrogen and oxygen atoms in total. The molecule has 2 aromatic carbocycles. The molecule has 0 bridgehead atoms. The van der Waals surface area contributed by atoms with Crippen LogP contribution in [0.15, 0.2) is 54.6 Å². The molecule has 1 amide bonds. The van der Waals surface area contributed by atoms with Gasteiger partial charge in [-0.1, -0.05) is 42.5 Å². The molecule has 144 valence electrons. The summed E-state index contributed by atoms with van der Waals surface area (Å²) in [6.45, 7) is 3.43. The lowest BCUT2D eigenvalue weighted by Gasteiger charge is -2.17. The van der Waals surface area contributed by atoms with Crippen molar-refractivity contribution in [2.75, 3.05) is 13.2 Å². The number of imidazole rings is 1. The number of carbonyl (C=O) groups excluding carboxylic acids is 2. The van der Waals surface area contributed by atoms with Crippen molar-refractivity contribution in [3.8, 4) is 0 Å². The van der Waals surface area contributed by atoms with Crippen LogP contribution < -0.4 is 0 Å². The third kappa shape index (κ3) is 3.63. The van der Waals surface area contributed by atoms with Crippen molar-refractivity contribution in [2.45, 2.75) is 32.4 Å². The molecule has 4 rings (SSSR count). The molecule has 2 heterocycles. The summed E-state index contributed by atoms with van der Waals surface area (Å²) in [5, 5.41) is 0. The fourth-order valence-corrected chi connectivity index (χ4v) is 3.81. The Balaban J connectivity index is 1.61. The monoisotopic (exact) mass is 377 g/mol. The predicted octanol–water partition coefficient (Wildman–Crippen LogP) is 3.12. The number of carbonyl (C=O) groups is 2. The average molecular weight is 377 g/mol. The molecule has 0 unspecified atom stereocenters. The van der Waals surface area contributed by atoms with Crippen molar-refractivity contribution in [3.63, 3.8) is 0 Å². The van der Waals surface area contributed by atoms with E-state index in [0.717, 1.165) is 22.4 Å². The van der Waals surface area contributed by atoms with Gasteiger partial charge in [0.05, 0.1) is 17.6 Å². The third-order valence-corrected chi connectivity index (χ3v) is 5.07. The van der Waals surface area contributed by atoms with E-state index in [0.29, 0.717) is 26.1 Å². The molecule has 1 aliphatic rings. The number of aromatic nitrogens is 2. The molecule has 3 aromatic rings. The van der Waals surface area contributed by atoms with Crippen LogP contribution in [0, 0.1) is 0 Å². The molecule has 0 N–H and O–H groups in total. The van der Waals surface area contributed by atoms with Crippen LogP contribution in [0.25, 0.3) is 11.0 Å². The van der Waals surface area contributed by atoms with Gasteiger partial charge in [-0.05, 0) is 24.6 Å². The molecule has 28 heavy (non-hydrogen) atoms. The Morgan fingerprint density at radius 2 is 1.89 bits per heavy atom. The topological polar surface area (TPSA) is 64.4 Å². The normalized spacial score (nSPS) is 16.7. The van der Waals surface area contributed by atoms with E-state index in [4.69, 9.17) is 9.72 Å². The number of hydrogen-bond acceptors (Lipinski definition) is 4. The van der Waals surface area contributed by atoms with Crippen LogP contribution in [0.4, 0.5) is 0 Å². The summed E-state index contributed by atoms with van der Waals surface area (Å²) in [7, 11) is 0. The third-order valence-electron chi connectivity index (χ3n) is 5.07. The lowest BCUT2D eigenvalue weighted by Crippen LogP contribution is -2.24. The molecule has 0 saturated carbocycles. The Morgan fingerprint density at radius 1 is 1.14 bits per heavy atom. The van der Waals surface area contributed by atoms with E-state index in [1.807, 2.05) is 64.1 Å². The first-order valence-corrected chi connectivity index (χ1v) is 9.58. The van der Waals surface area contributed by atoms with E-state index >= 15 is 0 Å². The van der Waals surface area contributed by atoms with Crippen LogP contribution in [0.2, 0.25) is 0 Å². The number of fused-ring (bicyclic) bond motifs is 1. The summed E-state index contributed by atoms with van der Waals surface area (Å²) < 4.78 is 7.04. The van der Waals surface area contributed by atoms with E-state index < -0.39 is 0 Å². The number of amides is 1. The van der Waals surface area contributed by atoms with Gasteiger partial charge in [0.15, 0.2) is 0 Å². The lowest BCUT2D eigenvalue weighted by atomic mass is 10.1. The zero-order valence-corrected chi connectivity index (χ0v) is 15.9. The fraction of sp³-hybridized carbons (Fsp3) is 0.318. The summed E-state index contributed by atoms with van der Waals surface area (Å²) in [6.07, 6.45) is 0.402. The molecular weight excluding hydrogens is 354 g/mol. The van der Waals surface area contributed by atoms with Gasteiger partial charge in [0.1, 0.15) is 12.4 Å². The Kier molecular flexibility index (Phi) is 5.10. The van der Waals surface area contributed by atoms with Gasteiger partial charge in [-0.3, -0.25) is 9.59 Å². The SMILES string of the molecule is CCOC(=O)Cn1c([C@@H]2CC(=O)N(Cc3ccccc3)C2)nc2ccccc21. The highest BCUT2D eigenvalue weighted by Gasteiger charge is 2.34. The molecule has 0 aliphatic carbocycles. The Hall–Kier alpha value is -3.15. The first kappa shape index (κ1) is 18.2. The van der Waals surface area contributed by atoms with Gasteiger partial charge < -0.3 is 14.2 Å². The van der Waals surface area contributed by atoms with E-state index in [9.17, 15) is 9.59 Å². The number of para-hydroxylation sites is 2. The number of nitrogens with zero attached hydrogens (tertiary/aromatic N) is 3. The smallest absolute Gasteiger partial charge is 0.326 e. The van der Waals surface area contributed by atoms with Crippen molar-refractivity contribution < 1.29 is 14.3 Å². The van der Waals surface area contributed by atoms with Crippen molar-refractivity contribution in [3.05, 3.63) is 66.0 Å². The van der Waals surface area contributed by atoms with Crippen LogP contribution in [0.3, 0.4) is 0 Å². The zero-order valence-electron chi connectivity index (χ0n) is 15.9. The van der Waals surface area contributed by atoms with Gasteiger partial charge in [0, 0.05) is 25.4 Å². The maximum atomic E-state index is 12.6. The first-order valence-electron chi connectivity index (χ1n) is 9.58. The van der Waals surface area contributed by atoms with Crippen molar-refractivity contribution >= 4 is 22.9 Å². The second kappa shape index (κ2) is 7.84. The van der Waals surface area contributed by atoms with Crippen LogP contribution in [-0.4, -0.2) is 39.5 Å². The van der Waals surface area contributed by atoms with E-state index in [1.54, 1.807) is 6.92 Å². The van der Waals surface area contributed by atoms with Gasteiger partial charge in [0.25, 0.3) is 0 Å². The number of likely N-dealkylation sites (tertiary alicyclic amines) is 1. The van der Waals surface area contributed by atoms with Crippen molar-refractivity contribution in [1.82, 2.24) is 14.5 Å². The molecule has 6 heteroatoms. The largest absolute Gasteiger partial charge is 0.465 e. The molecule has 1 fully saturated rings. The lowest BCUT2D eigenvalue weighted by molar-refractivity contribution is -0.143. The molecule has 1 aromatic heterocycles. The predicted molar refractivity (Wildman–Crippen MR) is 106 cm³/mol. The van der Waals surface area contributed by atoms with Gasteiger partial charge in [-0.15, -0.1) is 0 Å². The summed E-state index contributed by atoms with van der Waals surface area (Å²) >= 11 is 0. The number of esters is 1. The highest BCUT2D eigenvalue weighted by molar-refractivity contribution is 5.82. The minimum absolute atomic E-state index is 0.0435. The molecule has 0 radical (unpaired) electrons. The molecule has 1 aliphatic heterocycles. The second-order valence-electron chi connectivity index (χ2n) is 7.01. The van der Waals surface area contributed by atoms with E-state index in [-0.39, 0.29) is 24.3 Å². The Bertz CT molecular complexity index is 997. The van der Waals surface area contributed by atoms with Crippen molar-refractivity contribution in [2.24, 2.45) is 0 Å². The van der Waals surface area contributed by atoms with Gasteiger partial charge in [0.2, 0.25) is 5.91 Å². The van der Waals surface area contributed by atoms with Crippen LogP contribution >= 0.6 is 0 Å². The molecule has 1 atom stereocenters. The second-order valence-corrected chi connectivity index (χ2v) is 7.01. The minimum Gasteiger partial charge on any atom is -0.465 e. The fourth-order valence-electron chi connectivity index (χ4n) is 3.81. The van der Waals surface area contributed by atoms with Crippen molar-refractivity contribution in [1.29, 1.82) is 0 Å². The maximum absolute atomic E-state index is 12.6. The number of benzene rings is 2. The Labute approximate surface area is 163 Å². The summed E-state index contributed by atoms with van der Waals surface area (Å²) in [6, 6.07) is 17.7. The average Bonchev–Trinajstić information content (AvgIpc) is 3.24. The number of ether oxygens (including phenoxy) is 1. The van der Waals surface area contributed by atoms with Gasteiger partial charge in [-0.25, -0.2) is 4.98 Å². The van der Waals surface area contributed by atoms with E-state index in [1.165, 1.54) is 0 Å². The minimum atomic E-state index is -0.294. The zero-order chi connectivity index (χ0) is 19.5. The number of hydrogen-bond donors (Lipinski definition) is 0. The number of rotatable bonds is 6. The maximum Gasteiger partial charge on any atom is 0.326 e. The van der Waals surface area contributed by atoms with Crippen LogP contribution in [0.5, 0.6) is 0 Å². The first-order chi connectivity index (χ1) is 13.7. The van der Waals surface area contributed by atoms with Gasteiger partial charge in [-0.2, -0.15) is 0 Å². The summed E-state index contributed by atoms with van der Waals surface area (Å²) in [5.41, 5.74) is 2.83. The highest BCUT2D eigenvalue weighted by Crippen LogP contribution is 2.31. The molecule has 0 spiro atoms. The molecule has 1 saturated heterocycles. The highest BCUT2D eigenvalue weighted by atomic mass is 16.5. The van der Waals surface area contributed by atoms with Crippen LogP contribution in [-0.2, 0) is 27.4 Å². The van der Waals surface area contributed by atoms with Gasteiger partial charge >= 0.3 is 5.97 Å².